The van der Waals surface area contributed by atoms with E-state index in [1.54, 1.807) is 0 Å². The Labute approximate surface area is 148 Å². The SMILES string of the molecule is CCCCc1nc(-c2ccc3nc(C)c(C)nc3c2)n(CCCO)n1. The Kier molecular flexibility index (Phi) is 5.38. The lowest BCUT2D eigenvalue weighted by molar-refractivity contribution is 0.277. The van der Waals surface area contributed by atoms with E-state index in [4.69, 9.17) is 10.1 Å². The van der Waals surface area contributed by atoms with E-state index in [1.165, 1.54) is 0 Å². The number of unbranched alkanes of at least 4 members (excludes halogenated alkanes) is 1. The van der Waals surface area contributed by atoms with Crippen LogP contribution < -0.4 is 0 Å². The van der Waals surface area contributed by atoms with Crippen LogP contribution in [0.2, 0.25) is 0 Å². The van der Waals surface area contributed by atoms with Crippen LogP contribution in [0.4, 0.5) is 0 Å². The average molecular weight is 339 g/mol. The lowest BCUT2D eigenvalue weighted by Crippen LogP contribution is -2.05. The van der Waals surface area contributed by atoms with Gasteiger partial charge in [-0.3, -0.25) is 0 Å². The number of rotatable bonds is 7. The zero-order valence-corrected chi connectivity index (χ0v) is 15.2. The number of fused-ring (bicyclic) bond motifs is 1. The van der Waals surface area contributed by atoms with Gasteiger partial charge in [0.1, 0.15) is 0 Å². The molecule has 0 atom stereocenters. The van der Waals surface area contributed by atoms with Crippen molar-refractivity contribution in [3.63, 3.8) is 0 Å². The van der Waals surface area contributed by atoms with Crippen LogP contribution in [0.25, 0.3) is 22.4 Å². The molecule has 2 aromatic heterocycles. The standard InChI is InChI=1S/C19H25N5O/c1-4-5-7-18-22-19(24(23-18)10-6-11-25)15-8-9-16-17(12-15)21-14(3)13(2)20-16/h8-9,12,25H,4-7,10-11H2,1-3H3. The molecule has 3 aromatic rings. The van der Waals surface area contributed by atoms with E-state index < -0.39 is 0 Å². The summed E-state index contributed by atoms with van der Waals surface area (Å²) in [6.45, 7) is 6.91. The van der Waals surface area contributed by atoms with Gasteiger partial charge in [0, 0.05) is 25.1 Å². The molecule has 0 saturated carbocycles. The summed E-state index contributed by atoms with van der Waals surface area (Å²) in [4.78, 5) is 14.0. The van der Waals surface area contributed by atoms with Crippen molar-refractivity contribution in [3.8, 4) is 11.4 Å². The van der Waals surface area contributed by atoms with Gasteiger partial charge < -0.3 is 5.11 Å². The van der Waals surface area contributed by atoms with Crippen molar-refractivity contribution >= 4 is 11.0 Å². The summed E-state index contributed by atoms with van der Waals surface area (Å²) >= 11 is 0. The topological polar surface area (TPSA) is 76.7 Å². The van der Waals surface area contributed by atoms with Gasteiger partial charge >= 0.3 is 0 Å². The third-order valence-electron chi connectivity index (χ3n) is 4.33. The molecule has 6 nitrogen and oxygen atoms in total. The fourth-order valence-corrected chi connectivity index (χ4v) is 2.79. The first-order valence-corrected chi connectivity index (χ1v) is 8.92. The predicted octanol–water partition coefficient (Wildman–Crippen LogP) is 3.23. The molecule has 0 saturated heterocycles. The molecule has 0 unspecified atom stereocenters. The molecule has 132 valence electrons. The molecule has 0 bridgehead atoms. The molecule has 0 aliphatic heterocycles. The summed E-state index contributed by atoms with van der Waals surface area (Å²) in [6, 6.07) is 6.04. The van der Waals surface area contributed by atoms with Gasteiger partial charge in [-0.2, -0.15) is 5.10 Å². The van der Waals surface area contributed by atoms with Gasteiger partial charge in [0.05, 0.1) is 22.4 Å². The molecule has 0 radical (unpaired) electrons. The van der Waals surface area contributed by atoms with Crippen LogP contribution in [0.1, 0.15) is 43.4 Å². The average Bonchev–Trinajstić information content (AvgIpc) is 3.02. The smallest absolute Gasteiger partial charge is 0.158 e. The van der Waals surface area contributed by atoms with Crippen molar-refractivity contribution in [1.29, 1.82) is 0 Å². The van der Waals surface area contributed by atoms with Gasteiger partial charge in [0.2, 0.25) is 0 Å². The second-order valence-corrected chi connectivity index (χ2v) is 6.35. The first-order valence-electron chi connectivity index (χ1n) is 8.92. The van der Waals surface area contributed by atoms with Crippen molar-refractivity contribution < 1.29 is 5.11 Å². The van der Waals surface area contributed by atoms with Crippen LogP contribution >= 0.6 is 0 Å². The molecule has 0 amide bonds. The van der Waals surface area contributed by atoms with Crippen molar-refractivity contribution in [1.82, 2.24) is 24.7 Å². The Hall–Kier alpha value is -2.34. The highest BCUT2D eigenvalue weighted by molar-refractivity contribution is 5.80. The Morgan fingerprint density at radius 1 is 1.00 bits per heavy atom. The largest absolute Gasteiger partial charge is 0.396 e. The summed E-state index contributed by atoms with van der Waals surface area (Å²) in [5.74, 6) is 1.70. The third kappa shape index (κ3) is 3.85. The quantitative estimate of drug-likeness (QED) is 0.715. The molecule has 0 aliphatic rings. The maximum Gasteiger partial charge on any atom is 0.158 e. The van der Waals surface area contributed by atoms with Gasteiger partial charge in [-0.25, -0.2) is 19.6 Å². The van der Waals surface area contributed by atoms with Crippen molar-refractivity contribution in [2.75, 3.05) is 6.61 Å². The molecule has 6 heteroatoms. The summed E-state index contributed by atoms with van der Waals surface area (Å²) < 4.78 is 1.90. The van der Waals surface area contributed by atoms with Crippen molar-refractivity contribution in [3.05, 3.63) is 35.4 Å². The number of hydrogen-bond donors (Lipinski definition) is 1. The number of aromatic nitrogens is 5. The predicted molar refractivity (Wildman–Crippen MR) is 98.3 cm³/mol. The van der Waals surface area contributed by atoms with Gasteiger partial charge in [0.15, 0.2) is 11.6 Å². The molecule has 1 aromatic carbocycles. The molecule has 2 heterocycles. The van der Waals surface area contributed by atoms with E-state index in [9.17, 15) is 0 Å². The van der Waals surface area contributed by atoms with Crippen molar-refractivity contribution in [2.24, 2.45) is 0 Å². The first kappa shape index (κ1) is 17.5. The number of aryl methyl sites for hydroxylation is 4. The summed E-state index contributed by atoms with van der Waals surface area (Å²) in [5, 5.41) is 13.8. The molecule has 0 aliphatic carbocycles. The minimum atomic E-state index is 0.144. The van der Waals surface area contributed by atoms with Crippen LogP contribution in [0.3, 0.4) is 0 Å². The molecule has 1 N–H and O–H groups in total. The minimum Gasteiger partial charge on any atom is -0.396 e. The summed E-state index contributed by atoms with van der Waals surface area (Å²) in [5.41, 5.74) is 4.63. The minimum absolute atomic E-state index is 0.144. The molecule has 3 rings (SSSR count). The van der Waals surface area contributed by atoms with Crippen LogP contribution in [0.5, 0.6) is 0 Å². The number of hydrogen-bond acceptors (Lipinski definition) is 5. The highest BCUT2D eigenvalue weighted by atomic mass is 16.3. The van der Waals surface area contributed by atoms with E-state index in [-0.39, 0.29) is 6.61 Å². The van der Waals surface area contributed by atoms with Gasteiger partial charge in [-0.05, 0) is 44.9 Å². The Balaban J connectivity index is 2.02. The summed E-state index contributed by atoms with van der Waals surface area (Å²) in [7, 11) is 0. The van der Waals surface area contributed by atoms with E-state index in [1.807, 2.05) is 36.7 Å². The van der Waals surface area contributed by atoms with E-state index in [0.29, 0.717) is 13.0 Å². The Bertz CT molecular complexity index is 872. The fraction of sp³-hybridized carbons (Fsp3) is 0.474. The first-order chi connectivity index (χ1) is 12.1. The number of nitrogens with zero attached hydrogens (tertiary/aromatic N) is 5. The molecule has 0 fully saturated rings. The highest BCUT2D eigenvalue weighted by Crippen LogP contribution is 2.23. The van der Waals surface area contributed by atoms with Gasteiger partial charge in [-0.15, -0.1) is 0 Å². The number of aliphatic hydroxyl groups excluding tert-OH is 1. The maximum absolute atomic E-state index is 9.16. The lowest BCUT2D eigenvalue weighted by Gasteiger charge is -2.07. The number of aliphatic hydroxyl groups is 1. The van der Waals surface area contributed by atoms with E-state index in [2.05, 4.69) is 22.0 Å². The Morgan fingerprint density at radius 3 is 2.48 bits per heavy atom. The van der Waals surface area contributed by atoms with Crippen LogP contribution in [-0.2, 0) is 13.0 Å². The second kappa shape index (κ2) is 7.70. The maximum atomic E-state index is 9.16. The second-order valence-electron chi connectivity index (χ2n) is 6.35. The zero-order chi connectivity index (χ0) is 17.8. The normalized spacial score (nSPS) is 11.4. The van der Waals surface area contributed by atoms with Gasteiger partial charge in [-0.1, -0.05) is 13.3 Å². The van der Waals surface area contributed by atoms with Gasteiger partial charge in [0.25, 0.3) is 0 Å². The van der Waals surface area contributed by atoms with Crippen molar-refractivity contribution in [2.45, 2.75) is 53.0 Å². The van der Waals surface area contributed by atoms with E-state index >= 15 is 0 Å². The zero-order valence-electron chi connectivity index (χ0n) is 15.2. The monoisotopic (exact) mass is 339 g/mol. The third-order valence-corrected chi connectivity index (χ3v) is 4.33. The highest BCUT2D eigenvalue weighted by Gasteiger charge is 2.13. The van der Waals surface area contributed by atoms with Crippen LogP contribution in [0, 0.1) is 13.8 Å². The molecule has 0 spiro atoms. The molecular formula is C19H25N5O. The van der Waals surface area contributed by atoms with Crippen LogP contribution in [0.15, 0.2) is 18.2 Å². The fourth-order valence-electron chi connectivity index (χ4n) is 2.79. The number of benzene rings is 1. The van der Waals surface area contributed by atoms with Crippen LogP contribution in [-0.4, -0.2) is 36.4 Å². The molecule has 25 heavy (non-hydrogen) atoms. The Morgan fingerprint density at radius 2 is 1.76 bits per heavy atom. The summed E-state index contributed by atoms with van der Waals surface area (Å²) in [6.07, 6.45) is 3.73. The van der Waals surface area contributed by atoms with E-state index in [0.717, 1.165) is 58.9 Å². The lowest BCUT2D eigenvalue weighted by atomic mass is 10.1. The molecular weight excluding hydrogens is 314 g/mol.